The number of hydrogen-bond donors (Lipinski definition) is 1. The van der Waals surface area contributed by atoms with E-state index in [0.29, 0.717) is 30.0 Å². The van der Waals surface area contributed by atoms with Crippen LogP contribution in [-0.4, -0.2) is 46.3 Å². The van der Waals surface area contributed by atoms with Crippen molar-refractivity contribution < 1.29 is 14.0 Å². The lowest BCUT2D eigenvalue weighted by molar-refractivity contribution is 0.0777. The molecule has 0 bridgehead atoms. The molecule has 0 saturated heterocycles. The highest BCUT2D eigenvalue weighted by Crippen LogP contribution is 2.15. The third kappa shape index (κ3) is 4.80. The van der Waals surface area contributed by atoms with Crippen LogP contribution in [-0.2, 0) is 0 Å². The van der Waals surface area contributed by atoms with Crippen molar-refractivity contribution in [3.8, 4) is 0 Å². The smallest absolute Gasteiger partial charge is 0.275 e. The van der Waals surface area contributed by atoms with E-state index in [4.69, 9.17) is 4.42 Å². The van der Waals surface area contributed by atoms with Gasteiger partial charge in [-0.3, -0.25) is 14.6 Å². The van der Waals surface area contributed by atoms with Crippen LogP contribution in [0.2, 0.25) is 0 Å². The highest BCUT2D eigenvalue weighted by atomic mass is 16.3. The number of pyridine rings is 1. The number of rotatable bonds is 7. The molecule has 0 saturated carbocycles. The van der Waals surface area contributed by atoms with E-state index in [1.807, 2.05) is 18.2 Å². The molecular formula is C22H26N4O3. The van der Waals surface area contributed by atoms with E-state index in [0.717, 1.165) is 10.9 Å². The number of nitrogens with zero attached hydrogens (tertiary/aromatic N) is 3. The number of hydrogen-bond acceptors (Lipinski definition) is 5. The van der Waals surface area contributed by atoms with Crippen molar-refractivity contribution in [2.24, 2.45) is 5.92 Å². The Kier molecular flexibility index (Phi) is 6.26. The van der Waals surface area contributed by atoms with Gasteiger partial charge in [0, 0.05) is 36.8 Å². The second-order valence-electron chi connectivity index (χ2n) is 7.51. The second kappa shape index (κ2) is 8.86. The van der Waals surface area contributed by atoms with E-state index in [2.05, 4.69) is 29.1 Å². The number of benzene rings is 1. The Morgan fingerprint density at radius 1 is 1.21 bits per heavy atom. The molecule has 2 heterocycles. The van der Waals surface area contributed by atoms with E-state index in [-0.39, 0.29) is 23.8 Å². The Labute approximate surface area is 170 Å². The van der Waals surface area contributed by atoms with Gasteiger partial charge in [0.25, 0.3) is 11.8 Å². The Hall–Kier alpha value is -3.22. The molecule has 0 spiro atoms. The number of amides is 2. The highest BCUT2D eigenvalue weighted by molar-refractivity contribution is 5.98. The summed E-state index contributed by atoms with van der Waals surface area (Å²) < 4.78 is 5.11. The summed E-state index contributed by atoms with van der Waals surface area (Å²) in [4.78, 5) is 35.2. The number of carbonyl (C=O) groups is 2. The van der Waals surface area contributed by atoms with Gasteiger partial charge in [0.15, 0.2) is 12.1 Å². The first-order chi connectivity index (χ1) is 13.9. The second-order valence-corrected chi connectivity index (χ2v) is 7.51. The topological polar surface area (TPSA) is 88.3 Å². The number of aryl methyl sites for hydroxylation is 1. The van der Waals surface area contributed by atoms with Crippen LogP contribution >= 0.6 is 0 Å². The van der Waals surface area contributed by atoms with Crippen LogP contribution in [0.4, 0.5) is 0 Å². The molecule has 0 fully saturated rings. The van der Waals surface area contributed by atoms with Crippen LogP contribution < -0.4 is 5.32 Å². The Morgan fingerprint density at radius 3 is 2.69 bits per heavy atom. The van der Waals surface area contributed by atoms with Crippen molar-refractivity contribution in [1.82, 2.24) is 20.2 Å². The molecule has 152 valence electrons. The fourth-order valence-corrected chi connectivity index (χ4v) is 3.16. The average molecular weight is 394 g/mol. The molecule has 2 amide bonds. The first-order valence-electron chi connectivity index (χ1n) is 9.68. The molecule has 2 aromatic heterocycles. The van der Waals surface area contributed by atoms with Gasteiger partial charge in [0.05, 0.1) is 5.52 Å². The minimum atomic E-state index is -0.189. The van der Waals surface area contributed by atoms with Crippen LogP contribution in [0.15, 0.2) is 47.3 Å². The van der Waals surface area contributed by atoms with Crippen LogP contribution in [0.25, 0.3) is 10.9 Å². The Balaban J connectivity index is 1.64. The molecule has 7 heteroatoms. The first-order valence-corrected chi connectivity index (χ1v) is 9.68. The summed E-state index contributed by atoms with van der Waals surface area (Å²) >= 11 is 0. The summed E-state index contributed by atoms with van der Waals surface area (Å²) in [6.07, 6.45) is 3.62. The van der Waals surface area contributed by atoms with Crippen LogP contribution in [0.3, 0.4) is 0 Å². The monoisotopic (exact) mass is 394 g/mol. The van der Waals surface area contributed by atoms with Crippen LogP contribution in [0.5, 0.6) is 0 Å². The number of carbonyl (C=O) groups excluding carboxylic acids is 2. The maximum atomic E-state index is 12.8. The summed E-state index contributed by atoms with van der Waals surface area (Å²) in [6, 6.07) is 9.26. The molecule has 3 rings (SSSR count). The van der Waals surface area contributed by atoms with Crippen molar-refractivity contribution in [3.05, 3.63) is 59.9 Å². The van der Waals surface area contributed by atoms with Gasteiger partial charge in [-0.1, -0.05) is 26.0 Å². The molecule has 29 heavy (non-hydrogen) atoms. The molecule has 1 N–H and O–H groups in total. The molecule has 3 aromatic rings. The molecule has 1 atom stereocenters. The maximum absolute atomic E-state index is 12.8. The van der Waals surface area contributed by atoms with Crippen molar-refractivity contribution in [3.63, 3.8) is 0 Å². The lowest BCUT2D eigenvalue weighted by Crippen LogP contribution is -2.41. The van der Waals surface area contributed by atoms with Gasteiger partial charge in [0.1, 0.15) is 5.76 Å². The van der Waals surface area contributed by atoms with Gasteiger partial charge in [-0.05, 0) is 37.5 Å². The van der Waals surface area contributed by atoms with Crippen molar-refractivity contribution in [1.29, 1.82) is 0 Å². The van der Waals surface area contributed by atoms with Gasteiger partial charge in [0.2, 0.25) is 0 Å². The third-order valence-corrected chi connectivity index (χ3v) is 5.06. The van der Waals surface area contributed by atoms with Gasteiger partial charge in [-0.15, -0.1) is 0 Å². The SMILES string of the molecule is Cc1ocnc1C(=O)N(C)CCC(NC(=O)c1ccc2cccnc2c1)C(C)C. The minimum absolute atomic E-state index is 0.0735. The standard InChI is InChI=1S/C22H26N4O3/c1-14(2)18(9-11-26(4)22(28)20-15(3)29-13-24-20)25-21(27)17-8-7-16-6-5-10-23-19(16)12-17/h5-8,10,12-14,18H,9,11H2,1-4H3,(H,25,27). The summed E-state index contributed by atoms with van der Waals surface area (Å²) in [5.74, 6) is 0.388. The summed E-state index contributed by atoms with van der Waals surface area (Å²) in [5.41, 5.74) is 1.68. The number of fused-ring (bicyclic) bond motifs is 1. The largest absolute Gasteiger partial charge is 0.448 e. The molecule has 0 aliphatic carbocycles. The molecule has 0 aliphatic heterocycles. The summed E-state index contributed by atoms with van der Waals surface area (Å²) in [6.45, 7) is 6.31. The number of oxazole rings is 1. The molecule has 7 nitrogen and oxygen atoms in total. The maximum Gasteiger partial charge on any atom is 0.275 e. The quantitative estimate of drug-likeness (QED) is 0.663. The Morgan fingerprint density at radius 2 is 2.00 bits per heavy atom. The van der Waals surface area contributed by atoms with Crippen molar-refractivity contribution >= 4 is 22.7 Å². The molecule has 1 unspecified atom stereocenters. The zero-order valence-electron chi connectivity index (χ0n) is 17.2. The van der Waals surface area contributed by atoms with E-state index >= 15 is 0 Å². The van der Waals surface area contributed by atoms with Gasteiger partial charge >= 0.3 is 0 Å². The fraction of sp³-hybridized carbons (Fsp3) is 0.364. The fourth-order valence-electron chi connectivity index (χ4n) is 3.16. The van der Waals surface area contributed by atoms with E-state index in [1.165, 1.54) is 6.39 Å². The average Bonchev–Trinajstić information content (AvgIpc) is 3.15. The zero-order chi connectivity index (χ0) is 21.0. The van der Waals surface area contributed by atoms with Gasteiger partial charge in [-0.2, -0.15) is 0 Å². The highest BCUT2D eigenvalue weighted by Gasteiger charge is 2.22. The van der Waals surface area contributed by atoms with Gasteiger partial charge in [-0.25, -0.2) is 4.98 Å². The zero-order valence-corrected chi connectivity index (χ0v) is 17.2. The molecule has 1 aromatic carbocycles. The Bertz CT molecular complexity index is 1010. The van der Waals surface area contributed by atoms with Crippen molar-refractivity contribution in [2.45, 2.75) is 33.2 Å². The predicted molar refractivity (Wildman–Crippen MR) is 111 cm³/mol. The summed E-state index contributed by atoms with van der Waals surface area (Å²) in [5, 5.41) is 4.09. The lowest BCUT2D eigenvalue weighted by atomic mass is 9.99. The first kappa shape index (κ1) is 20.5. The van der Waals surface area contributed by atoms with E-state index in [9.17, 15) is 9.59 Å². The van der Waals surface area contributed by atoms with Crippen LogP contribution in [0.1, 0.15) is 46.9 Å². The molecule has 0 radical (unpaired) electrons. The lowest BCUT2D eigenvalue weighted by Gasteiger charge is -2.25. The normalized spacial score (nSPS) is 12.2. The minimum Gasteiger partial charge on any atom is -0.448 e. The summed E-state index contributed by atoms with van der Waals surface area (Å²) in [7, 11) is 1.73. The van der Waals surface area contributed by atoms with E-state index < -0.39 is 0 Å². The number of nitrogens with one attached hydrogen (secondary N) is 1. The molecular weight excluding hydrogens is 368 g/mol. The van der Waals surface area contributed by atoms with Gasteiger partial charge < -0.3 is 14.6 Å². The third-order valence-electron chi connectivity index (χ3n) is 5.06. The predicted octanol–water partition coefficient (Wildman–Crippen LogP) is 3.45. The van der Waals surface area contributed by atoms with Crippen LogP contribution in [0, 0.1) is 12.8 Å². The number of aromatic nitrogens is 2. The van der Waals surface area contributed by atoms with E-state index in [1.54, 1.807) is 37.2 Å². The molecule has 0 aliphatic rings. The van der Waals surface area contributed by atoms with Crippen molar-refractivity contribution in [2.75, 3.05) is 13.6 Å².